The third-order valence-electron chi connectivity index (χ3n) is 5.05. The first-order valence-electron chi connectivity index (χ1n) is 9.23. The molecular weight excluding hydrogens is 350 g/mol. The number of carbonyl (C=O) groups is 2. The molecule has 2 fully saturated rings. The van der Waals surface area contributed by atoms with Crippen molar-refractivity contribution in [2.24, 2.45) is 0 Å². The molecular formula is C19H27N3O5. The van der Waals surface area contributed by atoms with Crippen molar-refractivity contribution in [2.45, 2.75) is 13.0 Å². The van der Waals surface area contributed by atoms with Crippen LogP contribution in [-0.4, -0.2) is 86.8 Å². The second kappa shape index (κ2) is 8.94. The normalized spacial score (nSPS) is 17.8. The van der Waals surface area contributed by atoms with Gasteiger partial charge in [-0.05, 0) is 18.2 Å². The van der Waals surface area contributed by atoms with Gasteiger partial charge in [0.05, 0.1) is 20.8 Å². The van der Waals surface area contributed by atoms with Gasteiger partial charge in [-0.2, -0.15) is 0 Å². The largest absolute Gasteiger partial charge is 0.497 e. The quantitative estimate of drug-likeness (QED) is 0.711. The topological polar surface area (TPSA) is 71.6 Å². The maximum atomic E-state index is 12.4. The van der Waals surface area contributed by atoms with Crippen LogP contribution in [0.25, 0.3) is 0 Å². The number of benzene rings is 1. The lowest BCUT2D eigenvalue weighted by atomic mass is 10.1. The molecule has 0 saturated carbocycles. The van der Waals surface area contributed by atoms with Crippen LogP contribution in [-0.2, 0) is 16.1 Å². The fraction of sp³-hybridized carbons (Fsp3) is 0.579. The Labute approximate surface area is 159 Å². The summed E-state index contributed by atoms with van der Waals surface area (Å²) in [7, 11) is 3.32. The van der Waals surface area contributed by atoms with E-state index in [2.05, 4.69) is 4.90 Å². The maximum Gasteiger partial charge on any atom is 0.409 e. The second-order valence-electron chi connectivity index (χ2n) is 6.69. The SMILES string of the molecule is COc1ccc(OC)c(CN2CCN(C(=O)CCN3CCOC3=O)CC2)c1. The van der Waals surface area contributed by atoms with E-state index in [-0.39, 0.29) is 12.0 Å². The summed E-state index contributed by atoms with van der Waals surface area (Å²) in [5.74, 6) is 1.74. The minimum atomic E-state index is -0.320. The van der Waals surface area contributed by atoms with E-state index in [9.17, 15) is 9.59 Å². The van der Waals surface area contributed by atoms with E-state index in [1.165, 1.54) is 0 Å². The van der Waals surface area contributed by atoms with E-state index in [4.69, 9.17) is 14.2 Å². The average molecular weight is 377 g/mol. The molecule has 0 bridgehead atoms. The van der Waals surface area contributed by atoms with E-state index >= 15 is 0 Å². The van der Waals surface area contributed by atoms with Crippen molar-refractivity contribution >= 4 is 12.0 Å². The first-order valence-corrected chi connectivity index (χ1v) is 9.23. The van der Waals surface area contributed by atoms with Crippen LogP contribution in [0.3, 0.4) is 0 Å². The van der Waals surface area contributed by atoms with Gasteiger partial charge in [-0.1, -0.05) is 0 Å². The van der Waals surface area contributed by atoms with Crippen molar-refractivity contribution < 1.29 is 23.8 Å². The summed E-state index contributed by atoms with van der Waals surface area (Å²) in [6, 6.07) is 5.79. The molecule has 3 rings (SSSR count). The fourth-order valence-electron chi connectivity index (χ4n) is 3.42. The number of methoxy groups -OCH3 is 2. The Kier molecular flexibility index (Phi) is 6.39. The highest BCUT2D eigenvalue weighted by Gasteiger charge is 2.25. The fourth-order valence-corrected chi connectivity index (χ4v) is 3.42. The van der Waals surface area contributed by atoms with Crippen LogP contribution >= 0.6 is 0 Å². The van der Waals surface area contributed by atoms with Gasteiger partial charge in [0.1, 0.15) is 18.1 Å². The number of amides is 2. The maximum absolute atomic E-state index is 12.4. The Bertz CT molecular complexity index is 673. The zero-order valence-electron chi connectivity index (χ0n) is 16.0. The molecule has 0 spiro atoms. The van der Waals surface area contributed by atoms with E-state index in [1.54, 1.807) is 19.1 Å². The summed E-state index contributed by atoms with van der Waals surface area (Å²) in [4.78, 5) is 29.6. The van der Waals surface area contributed by atoms with E-state index in [0.717, 1.165) is 36.7 Å². The van der Waals surface area contributed by atoms with Gasteiger partial charge >= 0.3 is 6.09 Å². The van der Waals surface area contributed by atoms with Crippen molar-refractivity contribution in [3.8, 4) is 11.5 Å². The van der Waals surface area contributed by atoms with Gasteiger partial charge in [-0.3, -0.25) is 9.69 Å². The predicted molar refractivity (Wildman–Crippen MR) is 98.9 cm³/mol. The molecule has 0 aromatic heterocycles. The molecule has 8 nitrogen and oxygen atoms in total. The minimum Gasteiger partial charge on any atom is -0.497 e. The van der Waals surface area contributed by atoms with Gasteiger partial charge in [-0.15, -0.1) is 0 Å². The molecule has 0 radical (unpaired) electrons. The molecule has 148 valence electrons. The molecule has 2 aliphatic heterocycles. The number of rotatable bonds is 7. The van der Waals surface area contributed by atoms with Gasteiger partial charge in [0, 0.05) is 51.3 Å². The minimum absolute atomic E-state index is 0.0910. The van der Waals surface area contributed by atoms with Crippen LogP contribution < -0.4 is 9.47 Å². The Morgan fingerprint density at radius 1 is 1.11 bits per heavy atom. The van der Waals surface area contributed by atoms with E-state index < -0.39 is 0 Å². The Morgan fingerprint density at radius 2 is 1.89 bits per heavy atom. The average Bonchev–Trinajstić information content (AvgIpc) is 3.11. The molecule has 0 N–H and O–H groups in total. The molecule has 2 amide bonds. The van der Waals surface area contributed by atoms with Gasteiger partial charge in [0.2, 0.25) is 5.91 Å². The van der Waals surface area contributed by atoms with Crippen LogP contribution in [0, 0.1) is 0 Å². The molecule has 2 saturated heterocycles. The third-order valence-corrected chi connectivity index (χ3v) is 5.05. The van der Waals surface area contributed by atoms with Crippen LogP contribution in [0.1, 0.15) is 12.0 Å². The Balaban J connectivity index is 1.47. The highest BCUT2D eigenvalue weighted by molar-refractivity contribution is 5.77. The predicted octanol–water partition coefficient (Wildman–Crippen LogP) is 1.19. The highest BCUT2D eigenvalue weighted by Crippen LogP contribution is 2.25. The summed E-state index contributed by atoms with van der Waals surface area (Å²) >= 11 is 0. The van der Waals surface area contributed by atoms with Crippen molar-refractivity contribution in [3.05, 3.63) is 23.8 Å². The third kappa shape index (κ3) is 4.82. The first kappa shape index (κ1) is 19.3. The summed E-state index contributed by atoms with van der Waals surface area (Å²) in [6.07, 6.45) is 0.0265. The van der Waals surface area contributed by atoms with Crippen LogP contribution in [0.15, 0.2) is 18.2 Å². The van der Waals surface area contributed by atoms with Gasteiger partial charge in [0.15, 0.2) is 0 Å². The number of carbonyl (C=O) groups excluding carboxylic acids is 2. The number of cyclic esters (lactones) is 1. The summed E-state index contributed by atoms with van der Waals surface area (Å²) in [5.41, 5.74) is 1.07. The molecule has 1 aromatic rings. The van der Waals surface area contributed by atoms with Gasteiger partial charge in [-0.25, -0.2) is 4.79 Å². The van der Waals surface area contributed by atoms with Crippen molar-refractivity contribution in [3.63, 3.8) is 0 Å². The van der Waals surface area contributed by atoms with E-state index in [0.29, 0.717) is 39.2 Å². The molecule has 2 heterocycles. The smallest absolute Gasteiger partial charge is 0.409 e. The van der Waals surface area contributed by atoms with E-state index in [1.807, 2.05) is 23.1 Å². The zero-order chi connectivity index (χ0) is 19.2. The van der Waals surface area contributed by atoms with Gasteiger partial charge in [0.25, 0.3) is 0 Å². The summed E-state index contributed by atoms with van der Waals surface area (Å²) in [5, 5.41) is 0. The van der Waals surface area contributed by atoms with Crippen molar-refractivity contribution in [1.82, 2.24) is 14.7 Å². The molecule has 27 heavy (non-hydrogen) atoms. The lowest BCUT2D eigenvalue weighted by Crippen LogP contribution is -2.48. The van der Waals surface area contributed by atoms with Crippen LogP contribution in [0.2, 0.25) is 0 Å². The number of hydrogen-bond acceptors (Lipinski definition) is 6. The Hall–Kier alpha value is -2.48. The van der Waals surface area contributed by atoms with Crippen molar-refractivity contribution in [1.29, 1.82) is 0 Å². The highest BCUT2D eigenvalue weighted by atomic mass is 16.6. The summed E-state index contributed by atoms with van der Waals surface area (Å²) < 4.78 is 15.6. The van der Waals surface area contributed by atoms with Crippen LogP contribution in [0.4, 0.5) is 4.79 Å². The van der Waals surface area contributed by atoms with Crippen molar-refractivity contribution in [2.75, 3.05) is 60.1 Å². The lowest BCUT2D eigenvalue weighted by molar-refractivity contribution is -0.133. The van der Waals surface area contributed by atoms with Crippen LogP contribution in [0.5, 0.6) is 11.5 Å². The lowest BCUT2D eigenvalue weighted by Gasteiger charge is -2.35. The molecule has 0 atom stereocenters. The molecule has 0 aliphatic carbocycles. The standard InChI is InChI=1S/C19H27N3O5/c1-25-16-3-4-17(26-2)15(13-16)14-20-7-9-21(10-8-20)18(23)5-6-22-11-12-27-19(22)24/h3-4,13H,5-12,14H2,1-2H3. The number of piperazine rings is 1. The van der Waals surface area contributed by atoms with Gasteiger partial charge < -0.3 is 24.0 Å². The molecule has 8 heteroatoms. The zero-order valence-corrected chi connectivity index (χ0v) is 16.0. The number of nitrogens with zero attached hydrogens (tertiary/aromatic N) is 3. The Morgan fingerprint density at radius 3 is 2.52 bits per heavy atom. The molecule has 0 unspecified atom stereocenters. The summed E-state index contributed by atoms with van der Waals surface area (Å²) in [6.45, 7) is 5.16. The number of ether oxygens (including phenoxy) is 3. The second-order valence-corrected chi connectivity index (χ2v) is 6.69. The monoisotopic (exact) mass is 377 g/mol. The molecule has 2 aliphatic rings. The number of hydrogen-bond donors (Lipinski definition) is 0. The first-order chi connectivity index (χ1) is 13.1. The molecule has 1 aromatic carbocycles.